The number of nitrogens with zero attached hydrogens (tertiary/aromatic N) is 1. The summed E-state index contributed by atoms with van der Waals surface area (Å²) >= 11 is 5.70. The van der Waals surface area contributed by atoms with E-state index < -0.39 is 11.2 Å². The van der Waals surface area contributed by atoms with Crippen LogP contribution in [0, 0.1) is 17.1 Å². The third kappa shape index (κ3) is 1.62. The topological polar surface area (TPSA) is 40.9 Å². The van der Waals surface area contributed by atoms with Crippen LogP contribution in [0.1, 0.15) is 18.4 Å². The van der Waals surface area contributed by atoms with E-state index in [0.717, 1.165) is 0 Å². The molecule has 0 aliphatic heterocycles. The molecule has 0 saturated heterocycles. The molecular formula is C11H7ClFNO. The smallest absolute Gasteiger partial charge is 0.136 e. The fraction of sp³-hybridized carbons (Fsp3) is 0.273. The van der Waals surface area contributed by atoms with Gasteiger partial charge in [-0.3, -0.25) is 4.79 Å². The van der Waals surface area contributed by atoms with Crippen molar-refractivity contribution >= 4 is 17.4 Å². The lowest BCUT2D eigenvalue weighted by molar-refractivity contribution is -0.126. The minimum atomic E-state index is -0.858. The molecule has 15 heavy (non-hydrogen) atoms. The quantitative estimate of drug-likeness (QED) is 0.734. The standard InChI is InChI=1S/C11H7ClFNO/c12-8-1-7(2-9(13)3-8)11(6-14)4-10(15)5-11/h1-3H,4-5H2. The number of benzene rings is 1. The Morgan fingerprint density at radius 1 is 1.40 bits per heavy atom. The van der Waals surface area contributed by atoms with Crippen molar-refractivity contribution in [2.24, 2.45) is 0 Å². The van der Waals surface area contributed by atoms with Crippen LogP contribution in [0.3, 0.4) is 0 Å². The number of carbonyl (C=O) groups is 1. The number of rotatable bonds is 1. The first-order valence-electron chi connectivity index (χ1n) is 4.45. The van der Waals surface area contributed by atoms with E-state index in [4.69, 9.17) is 16.9 Å². The molecule has 0 unspecified atom stereocenters. The van der Waals surface area contributed by atoms with Crippen LogP contribution in [0.4, 0.5) is 4.39 Å². The van der Waals surface area contributed by atoms with Crippen molar-refractivity contribution in [2.45, 2.75) is 18.3 Å². The normalized spacial score (nSPS) is 18.1. The summed E-state index contributed by atoms with van der Waals surface area (Å²) < 4.78 is 13.1. The van der Waals surface area contributed by atoms with Gasteiger partial charge >= 0.3 is 0 Å². The summed E-state index contributed by atoms with van der Waals surface area (Å²) in [5, 5.41) is 9.27. The molecule has 1 fully saturated rings. The third-order valence-electron chi connectivity index (χ3n) is 2.63. The van der Waals surface area contributed by atoms with Crippen LogP contribution >= 0.6 is 11.6 Å². The molecule has 0 amide bonds. The second-order valence-electron chi connectivity index (χ2n) is 3.74. The van der Waals surface area contributed by atoms with E-state index in [9.17, 15) is 9.18 Å². The molecule has 0 spiro atoms. The predicted octanol–water partition coefficient (Wildman–Crippen LogP) is 2.60. The molecule has 0 bridgehead atoms. The number of hydrogen-bond donors (Lipinski definition) is 0. The summed E-state index contributed by atoms with van der Waals surface area (Å²) in [4.78, 5) is 10.9. The monoisotopic (exact) mass is 223 g/mol. The van der Waals surface area contributed by atoms with Crippen LogP contribution in [-0.2, 0) is 10.2 Å². The van der Waals surface area contributed by atoms with Crippen LogP contribution in [0.2, 0.25) is 5.02 Å². The average Bonchev–Trinajstić information content (AvgIpc) is 2.10. The molecule has 0 aromatic heterocycles. The molecule has 1 aromatic rings. The Hall–Kier alpha value is -1.40. The largest absolute Gasteiger partial charge is 0.300 e. The lowest BCUT2D eigenvalue weighted by atomic mass is 9.65. The van der Waals surface area contributed by atoms with Crippen LogP contribution in [-0.4, -0.2) is 5.78 Å². The molecular weight excluding hydrogens is 217 g/mol. The maximum Gasteiger partial charge on any atom is 0.136 e. The van der Waals surface area contributed by atoms with Crippen LogP contribution in [0.15, 0.2) is 18.2 Å². The van der Waals surface area contributed by atoms with Gasteiger partial charge in [-0.2, -0.15) is 5.26 Å². The molecule has 2 nitrogen and oxygen atoms in total. The van der Waals surface area contributed by atoms with Gasteiger partial charge in [-0.05, 0) is 23.8 Å². The maximum absolute atomic E-state index is 13.1. The van der Waals surface area contributed by atoms with Gasteiger partial charge in [-0.25, -0.2) is 4.39 Å². The highest BCUT2D eigenvalue weighted by molar-refractivity contribution is 6.30. The Labute approximate surface area is 91.3 Å². The molecule has 0 radical (unpaired) electrons. The molecule has 4 heteroatoms. The molecule has 1 aromatic carbocycles. The number of Topliss-reactive ketones (excluding diaryl/α,β-unsaturated/α-hetero) is 1. The third-order valence-corrected chi connectivity index (χ3v) is 2.85. The van der Waals surface area contributed by atoms with Crippen LogP contribution in [0.25, 0.3) is 0 Å². The van der Waals surface area contributed by atoms with E-state index in [1.54, 1.807) is 6.07 Å². The van der Waals surface area contributed by atoms with Crippen LogP contribution in [0.5, 0.6) is 0 Å². The highest BCUT2D eigenvalue weighted by Gasteiger charge is 2.45. The van der Waals surface area contributed by atoms with E-state index in [1.807, 2.05) is 0 Å². The highest BCUT2D eigenvalue weighted by Crippen LogP contribution is 2.41. The molecule has 0 atom stereocenters. The summed E-state index contributed by atoms with van der Waals surface area (Å²) in [5.41, 5.74) is -0.363. The summed E-state index contributed by atoms with van der Waals surface area (Å²) in [6.45, 7) is 0. The number of hydrogen-bond acceptors (Lipinski definition) is 2. The van der Waals surface area contributed by atoms with E-state index in [1.165, 1.54) is 12.1 Å². The molecule has 0 N–H and O–H groups in total. The maximum atomic E-state index is 13.1. The number of nitriles is 1. The summed E-state index contributed by atoms with van der Waals surface area (Å²) in [5.74, 6) is -0.455. The first-order chi connectivity index (χ1) is 7.05. The van der Waals surface area contributed by atoms with Gasteiger partial charge in [0.05, 0.1) is 11.5 Å². The number of carbonyl (C=O) groups excluding carboxylic acids is 1. The molecule has 0 heterocycles. The minimum Gasteiger partial charge on any atom is -0.300 e. The Morgan fingerprint density at radius 2 is 2.07 bits per heavy atom. The van der Waals surface area contributed by atoms with Gasteiger partial charge in [0, 0.05) is 17.9 Å². The van der Waals surface area contributed by atoms with Gasteiger partial charge in [-0.15, -0.1) is 0 Å². The van der Waals surface area contributed by atoms with Gasteiger partial charge in [0.2, 0.25) is 0 Å². The van der Waals surface area contributed by atoms with Gasteiger partial charge in [0.15, 0.2) is 0 Å². The van der Waals surface area contributed by atoms with Crippen molar-refractivity contribution in [1.82, 2.24) is 0 Å². The summed E-state index contributed by atoms with van der Waals surface area (Å²) in [6.07, 6.45) is 0.312. The number of ketones is 1. The van der Waals surface area contributed by atoms with Crippen molar-refractivity contribution < 1.29 is 9.18 Å². The SMILES string of the molecule is N#CC1(c2cc(F)cc(Cl)c2)CC(=O)C1. The second kappa shape index (κ2) is 3.32. The van der Waals surface area contributed by atoms with Gasteiger partial charge in [0.1, 0.15) is 11.6 Å². The van der Waals surface area contributed by atoms with E-state index >= 15 is 0 Å². The molecule has 1 aliphatic rings. The zero-order valence-electron chi connectivity index (χ0n) is 7.76. The second-order valence-corrected chi connectivity index (χ2v) is 4.18. The Morgan fingerprint density at radius 3 is 2.53 bits per heavy atom. The number of halogens is 2. The Balaban J connectivity index is 2.45. The van der Waals surface area contributed by atoms with E-state index in [-0.39, 0.29) is 23.6 Å². The fourth-order valence-electron chi connectivity index (χ4n) is 1.80. The van der Waals surface area contributed by atoms with Gasteiger partial charge in [0.25, 0.3) is 0 Å². The zero-order chi connectivity index (χ0) is 11.1. The predicted molar refractivity (Wildman–Crippen MR) is 52.9 cm³/mol. The van der Waals surface area contributed by atoms with Crippen molar-refractivity contribution in [3.63, 3.8) is 0 Å². The minimum absolute atomic E-state index is 0.0249. The fourth-order valence-corrected chi connectivity index (χ4v) is 2.02. The Kier molecular flexibility index (Phi) is 2.24. The van der Waals surface area contributed by atoms with Crippen molar-refractivity contribution in [3.05, 3.63) is 34.6 Å². The lowest BCUT2D eigenvalue weighted by Gasteiger charge is -2.34. The first kappa shape index (κ1) is 10.1. The van der Waals surface area contributed by atoms with Crippen molar-refractivity contribution in [2.75, 3.05) is 0 Å². The molecule has 2 rings (SSSR count). The highest BCUT2D eigenvalue weighted by atomic mass is 35.5. The molecule has 76 valence electrons. The molecule has 1 aliphatic carbocycles. The van der Waals surface area contributed by atoms with Crippen molar-refractivity contribution in [1.29, 1.82) is 5.26 Å². The average molecular weight is 224 g/mol. The van der Waals surface area contributed by atoms with E-state index in [2.05, 4.69) is 6.07 Å². The molecule has 1 saturated carbocycles. The van der Waals surface area contributed by atoms with Crippen molar-refractivity contribution in [3.8, 4) is 6.07 Å². The Bertz CT molecular complexity index is 450. The van der Waals surface area contributed by atoms with Crippen LogP contribution < -0.4 is 0 Å². The van der Waals surface area contributed by atoms with E-state index in [0.29, 0.717) is 5.56 Å². The summed E-state index contributed by atoms with van der Waals surface area (Å²) in [6, 6.07) is 6.05. The van der Waals surface area contributed by atoms with Gasteiger partial charge < -0.3 is 0 Å². The first-order valence-corrected chi connectivity index (χ1v) is 4.83. The summed E-state index contributed by atoms with van der Waals surface area (Å²) in [7, 11) is 0. The zero-order valence-corrected chi connectivity index (χ0v) is 8.51. The van der Waals surface area contributed by atoms with Gasteiger partial charge in [-0.1, -0.05) is 11.6 Å². The lowest BCUT2D eigenvalue weighted by Crippen LogP contribution is -2.40.